The molecule has 0 unspecified atom stereocenters. The van der Waals surface area contributed by atoms with Gasteiger partial charge in [0.2, 0.25) is 10.0 Å². The van der Waals surface area contributed by atoms with Crippen LogP contribution in [0.5, 0.6) is 11.5 Å². The van der Waals surface area contributed by atoms with Crippen LogP contribution in [0.1, 0.15) is 24.2 Å². The van der Waals surface area contributed by atoms with Crippen molar-refractivity contribution in [2.45, 2.75) is 30.9 Å². The maximum atomic E-state index is 13.5. The largest absolute Gasteiger partial charge is 0.497 e. The molecule has 11 nitrogen and oxygen atoms in total. The second-order valence-corrected chi connectivity index (χ2v) is 12.9. The molecule has 0 aromatic heterocycles. The number of sulfonamides is 2. The van der Waals surface area contributed by atoms with Crippen molar-refractivity contribution in [1.29, 1.82) is 0 Å². The molecule has 0 radical (unpaired) electrons. The van der Waals surface area contributed by atoms with Crippen LogP contribution < -0.4 is 14.2 Å². The van der Waals surface area contributed by atoms with Crippen molar-refractivity contribution in [3.8, 4) is 11.5 Å². The second-order valence-electron chi connectivity index (χ2n) is 9.16. The van der Waals surface area contributed by atoms with Gasteiger partial charge in [-0.25, -0.2) is 21.1 Å². The molecule has 1 aliphatic heterocycles. The van der Waals surface area contributed by atoms with Gasteiger partial charge in [-0.3, -0.25) is 9.52 Å². The molecule has 0 spiro atoms. The summed E-state index contributed by atoms with van der Waals surface area (Å²) in [6, 6.07) is 9.64. The zero-order valence-corrected chi connectivity index (χ0v) is 23.0. The summed E-state index contributed by atoms with van der Waals surface area (Å²) in [6.07, 6.45) is 0.487. The van der Waals surface area contributed by atoms with Gasteiger partial charge in [-0.1, -0.05) is 6.92 Å². The van der Waals surface area contributed by atoms with Gasteiger partial charge in [0.15, 0.2) is 0 Å². The topological polar surface area (TPSA) is 143 Å². The van der Waals surface area contributed by atoms with E-state index >= 15 is 0 Å². The molecular weight excluding hydrogens is 522 g/mol. The summed E-state index contributed by atoms with van der Waals surface area (Å²) >= 11 is 0. The van der Waals surface area contributed by atoms with Crippen LogP contribution in [0.4, 0.5) is 5.69 Å². The minimum atomic E-state index is -3.97. The fourth-order valence-corrected chi connectivity index (χ4v) is 5.33. The highest BCUT2D eigenvalue weighted by atomic mass is 32.2. The van der Waals surface area contributed by atoms with Crippen LogP contribution in [0.2, 0.25) is 0 Å². The summed E-state index contributed by atoms with van der Waals surface area (Å²) < 4.78 is 64.7. The summed E-state index contributed by atoms with van der Waals surface area (Å²) in [5.41, 5.74) is 0.232. The number of hydrogen-bond donors (Lipinski definition) is 2. The minimum absolute atomic E-state index is 0.0100. The number of methoxy groups -OCH3 is 1. The van der Waals surface area contributed by atoms with Crippen LogP contribution in [-0.2, 0) is 20.0 Å². The van der Waals surface area contributed by atoms with Gasteiger partial charge in [-0.15, -0.1) is 0 Å². The quantitative estimate of drug-likeness (QED) is 0.475. The number of hydrogen-bond acceptors (Lipinski definition) is 8. The number of nitrogens with one attached hydrogen (secondary N) is 1. The number of likely N-dealkylation sites (N-methyl/N-ethyl adjacent to an activating group) is 1. The van der Waals surface area contributed by atoms with Crippen molar-refractivity contribution in [1.82, 2.24) is 9.21 Å². The third-order valence-electron chi connectivity index (χ3n) is 6.29. The maximum Gasteiger partial charge on any atom is 0.261 e. The van der Waals surface area contributed by atoms with Crippen molar-refractivity contribution in [2.24, 2.45) is 5.92 Å². The molecule has 0 saturated carbocycles. The first-order chi connectivity index (χ1) is 17.3. The molecule has 1 amide bonds. The number of aliphatic hydroxyl groups is 1. The Bertz CT molecular complexity index is 1330. The zero-order chi connectivity index (χ0) is 27.5. The molecule has 0 aliphatic carbocycles. The predicted molar refractivity (Wildman–Crippen MR) is 139 cm³/mol. The van der Waals surface area contributed by atoms with E-state index in [0.717, 1.165) is 6.26 Å². The molecule has 37 heavy (non-hydrogen) atoms. The minimum Gasteiger partial charge on any atom is -0.497 e. The van der Waals surface area contributed by atoms with E-state index in [0.29, 0.717) is 5.75 Å². The number of carbonyl (C=O) groups is 1. The summed E-state index contributed by atoms with van der Waals surface area (Å²) in [4.78, 5) is 15.0. The highest BCUT2D eigenvalue weighted by Gasteiger charge is 2.34. The molecule has 13 heteroatoms. The SMILES string of the molecule is COc1ccc(S(=O)(=O)Nc2ccc3c(c2)C(=O)N([C@@H](C)CO)C[C@@H](C)[C@H](CN(C)S(C)(=O)=O)O3)cc1. The van der Waals surface area contributed by atoms with Gasteiger partial charge in [-0.05, 0) is 49.4 Å². The number of ether oxygens (including phenoxy) is 2. The normalized spacial score (nSPS) is 19.4. The molecule has 0 fully saturated rings. The molecule has 204 valence electrons. The first-order valence-electron chi connectivity index (χ1n) is 11.6. The smallest absolute Gasteiger partial charge is 0.261 e. The predicted octanol–water partition coefficient (Wildman–Crippen LogP) is 1.61. The van der Waals surface area contributed by atoms with Gasteiger partial charge in [0.1, 0.15) is 17.6 Å². The van der Waals surface area contributed by atoms with Gasteiger partial charge in [0, 0.05) is 25.2 Å². The van der Waals surface area contributed by atoms with Gasteiger partial charge >= 0.3 is 0 Å². The molecule has 3 atom stereocenters. The fraction of sp³-hybridized carbons (Fsp3) is 0.458. The molecule has 2 N–H and O–H groups in total. The van der Waals surface area contributed by atoms with Crippen molar-refractivity contribution >= 4 is 31.6 Å². The number of nitrogens with zero attached hydrogens (tertiary/aromatic N) is 2. The Morgan fingerprint density at radius 1 is 1.19 bits per heavy atom. The number of amides is 1. The van der Waals surface area contributed by atoms with E-state index in [9.17, 15) is 26.7 Å². The van der Waals surface area contributed by atoms with Crippen LogP contribution >= 0.6 is 0 Å². The summed E-state index contributed by atoms with van der Waals surface area (Å²) in [6.45, 7) is 3.49. The van der Waals surface area contributed by atoms with Crippen molar-refractivity contribution in [3.05, 3.63) is 48.0 Å². The van der Waals surface area contributed by atoms with Crippen molar-refractivity contribution in [2.75, 3.05) is 44.8 Å². The Kier molecular flexibility index (Phi) is 8.73. The van der Waals surface area contributed by atoms with Gasteiger partial charge in [0.05, 0.1) is 43.0 Å². The Morgan fingerprint density at radius 2 is 1.84 bits per heavy atom. The lowest BCUT2D eigenvalue weighted by molar-refractivity contribution is 0.0387. The Morgan fingerprint density at radius 3 is 2.41 bits per heavy atom. The second kappa shape index (κ2) is 11.3. The van der Waals surface area contributed by atoms with E-state index in [4.69, 9.17) is 9.47 Å². The number of fused-ring (bicyclic) bond motifs is 1. The van der Waals surface area contributed by atoms with E-state index in [-0.39, 0.29) is 47.5 Å². The standard InChI is InChI=1S/C24H33N3O8S2/c1-16-13-27(17(2)15-28)24(29)21-12-18(25-37(32,33)20-9-7-19(34-4)8-10-20)6-11-22(21)35-23(16)14-26(3)36(5,30)31/h6-12,16-17,23,25,28H,13-15H2,1-5H3/t16-,17+,23+/m1/s1. The highest BCUT2D eigenvalue weighted by Crippen LogP contribution is 2.31. The molecule has 0 bridgehead atoms. The van der Waals surface area contributed by atoms with Crippen LogP contribution in [0.15, 0.2) is 47.4 Å². The third kappa shape index (κ3) is 6.72. The molecule has 3 rings (SSSR count). The molecular formula is C24H33N3O8S2. The van der Waals surface area contributed by atoms with Crippen LogP contribution in [0, 0.1) is 5.92 Å². The van der Waals surface area contributed by atoms with Crippen molar-refractivity contribution in [3.63, 3.8) is 0 Å². The molecule has 0 saturated heterocycles. The monoisotopic (exact) mass is 555 g/mol. The molecule has 1 aliphatic rings. The van der Waals surface area contributed by atoms with Crippen molar-refractivity contribution < 1.29 is 36.2 Å². The summed E-state index contributed by atoms with van der Waals surface area (Å²) in [5, 5.41) is 9.78. The van der Waals surface area contributed by atoms with Gasteiger partial charge in [-0.2, -0.15) is 0 Å². The van der Waals surface area contributed by atoms with E-state index < -0.39 is 38.1 Å². The zero-order valence-electron chi connectivity index (χ0n) is 21.4. The van der Waals surface area contributed by atoms with Gasteiger partial charge in [0.25, 0.3) is 15.9 Å². The van der Waals surface area contributed by atoms with Gasteiger partial charge < -0.3 is 19.5 Å². The average Bonchev–Trinajstić information content (AvgIpc) is 2.85. The molecule has 2 aromatic rings. The fourth-order valence-electron chi connectivity index (χ4n) is 3.86. The number of aliphatic hydroxyl groups excluding tert-OH is 1. The third-order valence-corrected chi connectivity index (χ3v) is 8.97. The number of rotatable bonds is 9. The lowest BCUT2D eigenvalue weighted by Gasteiger charge is -2.38. The molecule has 1 heterocycles. The lowest BCUT2D eigenvalue weighted by atomic mass is 9.99. The first kappa shape index (κ1) is 28.7. The average molecular weight is 556 g/mol. The van der Waals surface area contributed by atoms with Crippen LogP contribution in [0.25, 0.3) is 0 Å². The van der Waals surface area contributed by atoms with E-state index in [1.807, 2.05) is 6.92 Å². The number of carbonyl (C=O) groups excluding carboxylic acids is 1. The summed E-state index contributed by atoms with van der Waals surface area (Å²) in [7, 11) is -4.53. The highest BCUT2D eigenvalue weighted by molar-refractivity contribution is 7.92. The number of benzene rings is 2. The Balaban J connectivity index is 2.00. The van der Waals surface area contributed by atoms with Crippen LogP contribution in [0.3, 0.4) is 0 Å². The Labute approximate surface area is 218 Å². The first-order valence-corrected chi connectivity index (χ1v) is 14.9. The van der Waals surface area contributed by atoms with E-state index in [1.54, 1.807) is 6.92 Å². The lowest BCUT2D eigenvalue weighted by Crippen LogP contribution is -2.50. The Hall–Kier alpha value is -2.87. The maximum absolute atomic E-state index is 13.5. The van der Waals surface area contributed by atoms with Crippen LogP contribution in [-0.4, -0.2) is 89.3 Å². The molecule has 2 aromatic carbocycles. The summed E-state index contributed by atoms with van der Waals surface area (Å²) in [5.74, 6) is -0.0236. The number of anilines is 1. The van der Waals surface area contributed by atoms with E-state index in [1.165, 1.54) is 65.8 Å². The van der Waals surface area contributed by atoms with E-state index in [2.05, 4.69) is 4.72 Å².